The van der Waals surface area contributed by atoms with Crippen LogP contribution in [0.4, 0.5) is 0 Å². The molecule has 1 heterocycles. The van der Waals surface area contributed by atoms with E-state index in [2.05, 4.69) is 0 Å². The fourth-order valence-corrected chi connectivity index (χ4v) is 0.871. The minimum atomic E-state index is 0.234. The summed E-state index contributed by atoms with van der Waals surface area (Å²) in [5, 5.41) is 8.55. The molecule has 0 amide bonds. The van der Waals surface area contributed by atoms with Gasteiger partial charge in [0.1, 0.15) is 0 Å². The molecule has 0 spiro atoms. The summed E-state index contributed by atoms with van der Waals surface area (Å²) in [7, 11) is 1.98. The molecule has 1 rings (SSSR count). The molecule has 1 aromatic rings. The van der Waals surface area contributed by atoms with Crippen molar-refractivity contribution in [1.82, 2.24) is 4.57 Å². The Morgan fingerprint density at radius 2 is 2.09 bits per heavy atom. The molecular weight excluding hydrogens is 138 g/mol. The van der Waals surface area contributed by atoms with E-state index in [1.807, 2.05) is 43.8 Å². The summed E-state index contributed by atoms with van der Waals surface area (Å²) in [6.07, 6.45) is 2.73. The number of nitrogens with zero attached hydrogens (tertiary/aromatic N) is 1. The van der Waals surface area contributed by atoms with Crippen LogP contribution in [0, 0.1) is 0 Å². The molecule has 0 unspecified atom stereocenters. The van der Waals surface area contributed by atoms with E-state index in [4.69, 9.17) is 5.11 Å². The monoisotopic (exact) mass is 155 g/mol. The highest BCUT2D eigenvalue weighted by molar-refractivity contribution is 5.06. The smallest absolute Gasteiger partial charge is 0.0485 e. The Morgan fingerprint density at radius 1 is 1.45 bits per heavy atom. The van der Waals surface area contributed by atoms with Crippen LogP contribution in [-0.4, -0.2) is 16.3 Å². The van der Waals surface area contributed by atoms with Crippen molar-refractivity contribution in [3.8, 4) is 0 Å². The Hall–Kier alpha value is -0.760. The topological polar surface area (TPSA) is 25.2 Å². The Bertz CT molecular complexity index is 181. The Labute approximate surface area is 68.5 Å². The van der Waals surface area contributed by atoms with Gasteiger partial charge in [-0.3, -0.25) is 0 Å². The second-order valence-corrected chi connectivity index (χ2v) is 2.08. The van der Waals surface area contributed by atoms with E-state index in [1.54, 1.807) is 0 Å². The molecule has 0 fully saturated rings. The molecule has 0 aliphatic heterocycles. The maximum atomic E-state index is 8.55. The van der Waals surface area contributed by atoms with Gasteiger partial charge in [-0.05, 0) is 12.1 Å². The molecule has 2 nitrogen and oxygen atoms in total. The lowest BCUT2D eigenvalue weighted by molar-refractivity contribution is 0.297. The van der Waals surface area contributed by atoms with Crippen LogP contribution in [0.15, 0.2) is 18.3 Å². The van der Waals surface area contributed by atoms with Gasteiger partial charge in [0.05, 0.1) is 0 Å². The van der Waals surface area contributed by atoms with Gasteiger partial charge in [0.15, 0.2) is 0 Å². The quantitative estimate of drug-likeness (QED) is 0.689. The summed E-state index contributed by atoms with van der Waals surface area (Å²) in [5.41, 5.74) is 1.18. The first kappa shape index (κ1) is 10.2. The van der Waals surface area contributed by atoms with Gasteiger partial charge >= 0.3 is 0 Å². The second-order valence-electron chi connectivity index (χ2n) is 2.08. The third-order valence-corrected chi connectivity index (χ3v) is 1.42. The van der Waals surface area contributed by atoms with Crippen LogP contribution in [-0.2, 0) is 13.5 Å². The zero-order chi connectivity index (χ0) is 8.69. The molecule has 0 radical (unpaired) electrons. The molecule has 0 aromatic carbocycles. The van der Waals surface area contributed by atoms with Gasteiger partial charge in [-0.2, -0.15) is 0 Å². The highest BCUT2D eigenvalue weighted by atomic mass is 16.3. The van der Waals surface area contributed by atoms with Crippen LogP contribution in [0.25, 0.3) is 0 Å². The van der Waals surface area contributed by atoms with Crippen molar-refractivity contribution < 1.29 is 5.11 Å². The SMILES string of the molecule is CC.Cn1cccc1CCO. The van der Waals surface area contributed by atoms with E-state index < -0.39 is 0 Å². The third kappa shape index (κ3) is 3.23. The molecule has 0 atom stereocenters. The van der Waals surface area contributed by atoms with Crippen molar-refractivity contribution in [1.29, 1.82) is 0 Å². The van der Waals surface area contributed by atoms with E-state index in [0.717, 1.165) is 6.42 Å². The van der Waals surface area contributed by atoms with Crippen molar-refractivity contribution in [3.63, 3.8) is 0 Å². The van der Waals surface area contributed by atoms with Crippen LogP contribution in [0.3, 0.4) is 0 Å². The summed E-state index contributed by atoms with van der Waals surface area (Å²) in [6.45, 7) is 4.23. The van der Waals surface area contributed by atoms with Crippen molar-refractivity contribution in [3.05, 3.63) is 24.0 Å². The van der Waals surface area contributed by atoms with Gasteiger partial charge in [-0.15, -0.1) is 0 Å². The van der Waals surface area contributed by atoms with Crippen molar-refractivity contribution in [2.45, 2.75) is 20.3 Å². The van der Waals surface area contributed by atoms with E-state index in [9.17, 15) is 0 Å². The largest absolute Gasteiger partial charge is 0.396 e. The molecule has 2 heteroatoms. The van der Waals surface area contributed by atoms with Crippen LogP contribution in [0.1, 0.15) is 19.5 Å². The Balaban J connectivity index is 0.000000461. The lowest BCUT2D eigenvalue weighted by Crippen LogP contribution is -1.97. The molecule has 1 N–H and O–H groups in total. The van der Waals surface area contributed by atoms with Crippen molar-refractivity contribution in [2.24, 2.45) is 7.05 Å². The van der Waals surface area contributed by atoms with E-state index >= 15 is 0 Å². The first-order chi connectivity index (χ1) is 5.34. The lowest BCUT2D eigenvalue weighted by Gasteiger charge is -1.97. The van der Waals surface area contributed by atoms with E-state index in [0.29, 0.717) is 0 Å². The van der Waals surface area contributed by atoms with Crippen LogP contribution < -0.4 is 0 Å². The normalized spacial score (nSPS) is 8.73. The predicted molar refractivity (Wildman–Crippen MR) is 47.6 cm³/mol. The minimum absolute atomic E-state index is 0.234. The summed E-state index contributed by atoms with van der Waals surface area (Å²) in [6, 6.07) is 3.99. The molecule has 0 aliphatic carbocycles. The predicted octanol–water partition coefficient (Wildman–Crippen LogP) is 1.59. The summed E-state index contributed by atoms with van der Waals surface area (Å²) < 4.78 is 2.01. The van der Waals surface area contributed by atoms with Gasteiger partial charge in [-0.25, -0.2) is 0 Å². The highest BCUT2D eigenvalue weighted by Crippen LogP contribution is 1.98. The van der Waals surface area contributed by atoms with Gasteiger partial charge in [-0.1, -0.05) is 13.8 Å². The number of aliphatic hydroxyl groups is 1. The average Bonchev–Trinajstić information content (AvgIpc) is 2.42. The highest BCUT2D eigenvalue weighted by Gasteiger charge is 1.92. The number of aryl methyl sites for hydroxylation is 1. The van der Waals surface area contributed by atoms with Gasteiger partial charge in [0, 0.05) is 32.0 Å². The average molecular weight is 155 g/mol. The van der Waals surface area contributed by atoms with E-state index in [1.165, 1.54) is 5.69 Å². The van der Waals surface area contributed by atoms with Gasteiger partial charge in [0.25, 0.3) is 0 Å². The van der Waals surface area contributed by atoms with E-state index in [-0.39, 0.29) is 6.61 Å². The van der Waals surface area contributed by atoms with Crippen LogP contribution >= 0.6 is 0 Å². The number of hydrogen-bond donors (Lipinski definition) is 1. The number of hydrogen-bond acceptors (Lipinski definition) is 1. The first-order valence-corrected chi connectivity index (χ1v) is 4.05. The molecule has 0 bridgehead atoms. The Morgan fingerprint density at radius 3 is 2.45 bits per heavy atom. The fraction of sp³-hybridized carbons (Fsp3) is 0.556. The minimum Gasteiger partial charge on any atom is -0.396 e. The first-order valence-electron chi connectivity index (χ1n) is 4.05. The maximum absolute atomic E-state index is 8.55. The van der Waals surface area contributed by atoms with Crippen molar-refractivity contribution >= 4 is 0 Å². The molecule has 1 aromatic heterocycles. The number of aromatic nitrogens is 1. The lowest BCUT2D eigenvalue weighted by atomic mass is 10.3. The molecule has 64 valence electrons. The van der Waals surface area contributed by atoms with Gasteiger partial charge in [0.2, 0.25) is 0 Å². The van der Waals surface area contributed by atoms with Gasteiger partial charge < -0.3 is 9.67 Å². The molecule has 0 saturated heterocycles. The number of rotatable bonds is 2. The second kappa shape index (κ2) is 5.98. The fourth-order valence-electron chi connectivity index (χ4n) is 0.871. The summed E-state index contributed by atoms with van der Waals surface area (Å²) in [5.74, 6) is 0. The Kier molecular flexibility index (Phi) is 5.57. The third-order valence-electron chi connectivity index (χ3n) is 1.42. The number of aliphatic hydroxyl groups excluding tert-OH is 1. The van der Waals surface area contributed by atoms with Crippen LogP contribution in [0.2, 0.25) is 0 Å². The molecule has 0 aliphatic rings. The maximum Gasteiger partial charge on any atom is 0.0485 e. The zero-order valence-corrected chi connectivity index (χ0v) is 7.54. The molecule has 11 heavy (non-hydrogen) atoms. The van der Waals surface area contributed by atoms with Crippen LogP contribution in [0.5, 0.6) is 0 Å². The van der Waals surface area contributed by atoms with Crippen molar-refractivity contribution in [2.75, 3.05) is 6.61 Å². The molecular formula is C9H17NO. The summed E-state index contributed by atoms with van der Waals surface area (Å²) in [4.78, 5) is 0. The summed E-state index contributed by atoms with van der Waals surface area (Å²) >= 11 is 0. The standard InChI is InChI=1S/C7H11NO.C2H6/c1-8-5-2-3-7(8)4-6-9;1-2/h2-3,5,9H,4,6H2,1H3;1-2H3. The zero-order valence-electron chi connectivity index (χ0n) is 7.54. The molecule has 0 saturated carbocycles.